The fraction of sp³-hybridized carbons (Fsp3) is 0.800. The summed E-state index contributed by atoms with van der Waals surface area (Å²) in [6.07, 6.45) is 2.31. The fourth-order valence-electron chi connectivity index (χ4n) is 2.03. The van der Waals surface area contributed by atoms with Crippen molar-refractivity contribution in [2.75, 3.05) is 13.2 Å². The Hall–Kier alpha value is -0.940. The molecule has 2 aliphatic heterocycles. The van der Waals surface area contributed by atoms with E-state index in [9.17, 15) is 9.59 Å². The van der Waals surface area contributed by atoms with Crippen LogP contribution < -0.4 is 10.6 Å². The summed E-state index contributed by atoms with van der Waals surface area (Å²) in [4.78, 5) is 22.2. The van der Waals surface area contributed by atoms with E-state index in [1.165, 1.54) is 0 Å². The average Bonchev–Trinajstić information content (AvgIpc) is 2.71. The number of amides is 2. The number of rotatable bonds is 3. The van der Waals surface area contributed by atoms with Crippen LogP contribution in [0.25, 0.3) is 0 Å². The lowest BCUT2D eigenvalue weighted by Crippen LogP contribution is -2.45. The number of nitrogens with one attached hydrogen (secondary N) is 2. The normalized spacial score (nSPS) is 35.9. The van der Waals surface area contributed by atoms with E-state index in [1.54, 1.807) is 0 Å². The van der Waals surface area contributed by atoms with Crippen LogP contribution in [0, 0.1) is 0 Å². The first-order chi connectivity index (χ1) is 7.09. The first-order valence-electron chi connectivity index (χ1n) is 5.30. The maximum absolute atomic E-state index is 11.3. The quantitative estimate of drug-likeness (QED) is 0.622. The fourth-order valence-corrected chi connectivity index (χ4v) is 2.03. The summed E-state index contributed by atoms with van der Waals surface area (Å²) in [6.45, 7) is 3.44. The molecule has 2 rings (SSSR count). The zero-order valence-electron chi connectivity index (χ0n) is 8.84. The van der Waals surface area contributed by atoms with Crippen molar-refractivity contribution in [2.24, 2.45) is 0 Å². The van der Waals surface area contributed by atoms with Crippen molar-refractivity contribution in [3.8, 4) is 0 Å². The van der Waals surface area contributed by atoms with Gasteiger partial charge < -0.3 is 10.1 Å². The third-order valence-electron chi connectivity index (χ3n) is 2.99. The van der Waals surface area contributed by atoms with Gasteiger partial charge in [-0.25, -0.2) is 0 Å². The third-order valence-corrected chi connectivity index (χ3v) is 2.99. The summed E-state index contributed by atoms with van der Waals surface area (Å²) in [5.41, 5.74) is -0.175. The predicted octanol–water partition coefficient (Wildman–Crippen LogP) is -0.440. The van der Waals surface area contributed by atoms with E-state index in [-0.39, 0.29) is 29.9 Å². The van der Waals surface area contributed by atoms with Crippen LogP contribution >= 0.6 is 0 Å². The van der Waals surface area contributed by atoms with Crippen LogP contribution in [-0.2, 0) is 14.3 Å². The smallest absolute Gasteiger partial charge is 0.244 e. The van der Waals surface area contributed by atoms with Crippen LogP contribution in [0.1, 0.15) is 26.2 Å². The zero-order valence-corrected chi connectivity index (χ0v) is 8.84. The highest BCUT2D eigenvalue weighted by molar-refractivity contribution is 6.05. The van der Waals surface area contributed by atoms with Gasteiger partial charge in [0.2, 0.25) is 11.8 Å². The molecule has 0 bridgehead atoms. The van der Waals surface area contributed by atoms with Crippen molar-refractivity contribution in [1.82, 2.24) is 10.6 Å². The molecule has 2 aliphatic rings. The monoisotopic (exact) mass is 212 g/mol. The lowest BCUT2D eigenvalue weighted by Gasteiger charge is -2.24. The minimum atomic E-state index is -0.376. The number of hydrogen-bond donors (Lipinski definition) is 2. The molecule has 0 radical (unpaired) electrons. The number of carbonyl (C=O) groups is 2. The molecule has 15 heavy (non-hydrogen) atoms. The Morgan fingerprint density at radius 2 is 2.40 bits per heavy atom. The van der Waals surface area contributed by atoms with Crippen LogP contribution in [0.4, 0.5) is 0 Å². The molecule has 2 N–H and O–H groups in total. The van der Waals surface area contributed by atoms with E-state index in [4.69, 9.17) is 4.74 Å². The largest absolute Gasteiger partial charge is 0.374 e. The Balaban J connectivity index is 1.83. The van der Waals surface area contributed by atoms with Crippen LogP contribution in [0.3, 0.4) is 0 Å². The topological polar surface area (TPSA) is 67.4 Å². The summed E-state index contributed by atoms with van der Waals surface area (Å²) < 4.78 is 5.58. The molecule has 2 fully saturated rings. The molecule has 2 atom stereocenters. The molecule has 5 nitrogen and oxygen atoms in total. The van der Waals surface area contributed by atoms with Crippen molar-refractivity contribution in [3.63, 3.8) is 0 Å². The standard InChI is InChI=1S/C10H16N2O3/c1-10(3-2-4-15-10)6-11-7-5-8(13)12-9(7)14/h7,11H,2-6H2,1H3,(H,12,13,14). The van der Waals surface area contributed by atoms with Gasteiger partial charge in [0.1, 0.15) is 0 Å². The molecule has 0 aliphatic carbocycles. The van der Waals surface area contributed by atoms with Gasteiger partial charge in [-0.15, -0.1) is 0 Å². The molecular weight excluding hydrogens is 196 g/mol. The summed E-state index contributed by atoms with van der Waals surface area (Å²) in [5.74, 6) is -0.420. The molecular formula is C10H16N2O3. The zero-order chi connectivity index (χ0) is 10.9. The van der Waals surface area contributed by atoms with Gasteiger partial charge in [0.25, 0.3) is 0 Å². The van der Waals surface area contributed by atoms with Crippen molar-refractivity contribution in [2.45, 2.75) is 37.8 Å². The second-order valence-electron chi connectivity index (χ2n) is 4.45. The van der Waals surface area contributed by atoms with Crippen LogP contribution in [0.2, 0.25) is 0 Å². The van der Waals surface area contributed by atoms with Gasteiger partial charge in [0.15, 0.2) is 0 Å². The van der Waals surface area contributed by atoms with E-state index in [2.05, 4.69) is 10.6 Å². The lowest BCUT2D eigenvalue weighted by atomic mass is 10.0. The van der Waals surface area contributed by atoms with E-state index in [0.717, 1.165) is 19.4 Å². The lowest BCUT2D eigenvalue weighted by molar-refractivity contribution is -0.125. The van der Waals surface area contributed by atoms with Gasteiger partial charge in [-0.3, -0.25) is 14.9 Å². The maximum atomic E-state index is 11.3. The minimum absolute atomic E-state index is 0.175. The van der Waals surface area contributed by atoms with Crippen LogP contribution in [0.5, 0.6) is 0 Å². The van der Waals surface area contributed by atoms with Crippen molar-refractivity contribution < 1.29 is 14.3 Å². The second-order valence-corrected chi connectivity index (χ2v) is 4.45. The van der Waals surface area contributed by atoms with Gasteiger partial charge in [0.05, 0.1) is 18.1 Å². The van der Waals surface area contributed by atoms with Crippen molar-refractivity contribution in [1.29, 1.82) is 0 Å². The van der Waals surface area contributed by atoms with Crippen LogP contribution in [0.15, 0.2) is 0 Å². The van der Waals surface area contributed by atoms with Gasteiger partial charge in [-0.1, -0.05) is 0 Å². The molecule has 0 spiro atoms. The first-order valence-corrected chi connectivity index (χ1v) is 5.30. The molecule has 0 aromatic heterocycles. The van der Waals surface area contributed by atoms with E-state index in [0.29, 0.717) is 6.54 Å². The molecule has 84 valence electrons. The highest BCUT2D eigenvalue weighted by Gasteiger charge is 2.34. The highest BCUT2D eigenvalue weighted by Crippen LogP contribution is 2.24. The van der Waals surface area contributed by atoms with Crippen LogP contribution in [-0.4, -0.2) is 36.6 Å². The summed E-state index contributed by atoms with van der Waals surface area (Å²) >= 11 is 0. The Morgan fingerprint density at radius 1 is 1.60 bits per heavy atom. The summed E-state index contributed by atoms with van der Waals surface area (Å²) in [7, 11) is 0. The van der Waals surface area contributed by atoms with Gasteiger partial charge in [-0.05, 0) is 19.8 Å². The Labute approximate surface area is 88.5 Å². The number of imide groups is 1. The second kappa shape index (κ2) is 3.90. The van der Waals surface area contributed by atoms with Crippen molar-refractivity contribution in [3.05, 3.63) is 0 Å². The van der Waals surface area contributed by atoms with Gasteiger partial charge >= 0.3 is 0 Å². The average molecular weight is 212 g/mol. The van der Waals surface area contributed by atoms with Gasteiger partial charge in [0, 0.05) is 13.2 Å². The molecule has 2 unspecified atom stereocenters. The Morgan fingerprint density at radius 3 is 2.93 bits per heavy atom. The first kappa shape index (κ1) is 10.6. The summed E-state index contributed by atoms with van der Waals surface area (Å²) in [5, 5.41) is 5.36. The molecule has 5 heteroatoms. The summed E-state index contributed by atoms with van der Waals surface area (Å²) in [6, 6.07) is -0.376. The number of hydrogen-bond acceptors (Lipinski definition) is 4. The SMILES string of the molecule is CC1(CNC2CC(=O)NC2=O)CCCO1. The molecule has 0 aromatic rings. The molecule has 2 heterocycles. The number of ether oxygens (including phenoxy) is 1. The third kappa shape index (κ3) is 2.35. The Bertz CT molecular complexity index is 284. The molecule has 0 aromatic carbocycles. The molecule has 2 amide bonds. The highest BCUT2D eigenvalue weighted by atomic mass is 16.5. The predicted molar refractivity (Wildman–Crippen MR) is 53.1 cm³/mol. The van der Waals surface area contributed by atoms with Gasteiger partial charge in [-0.2, -0.15) is 0 Å². The number of carbonyl (C=O) groups excluding carboxylic acids is 2. The maximum Gasteiger partial charge on any atom is 0.244 e. The van der Waals surface area contributed by atoms with Crippen molar-refractivity contribution >= 4 is 11.8 Å². The molecule has 2 saturated heterocycles. The van der Waals surface area contributed by atoms with E-state index in [1.807, 2.05) is 6.92 Å². The minimum Gasteiger partial charge on any atom is -0.374 e. The Kier molecular flexibility index (Phi) is 2.75. The van der Waals surface area contributed by atoms with E-state index >= 15 is 0 Å². The molecule has 0 saturated carbocycles. The van der Waals surface area contributed by atoms with E-state index < -0.39 is 0 Å².